The van der Waals surface area contributed by atoms with E-state index in [1.54, 1.807) is 6.20 Å². The smallest absolute Gasteiger partial charge is 0.136 e. The molecule has 0 unspecified atom stereocenters. The Kier molecular flexibility index (Phi) is 5.20. The average molecular weight is 359 g/mol. The number of hydrogen-bond acceptors (Lipinski definition) is 4. The molecule has 0 aliphatic heterocycles. The first-order valence-corrected chi connectivity index (χ1v) is 9.33. The summed E-state index contributed by atoms with van der Waals surface area (Å²) in [5.41, 5.74) is 8.45. The van der Waals surface area contributed by atoms with Crippen LogP contribution in [0.25, 0.3) is 16.8 Å². The van der Waals surface area contributed by atoms with Gasteiger partial charge in [0.2, 0.25) is 0 Å². The maximum absolute atomic E-state index is 9.52. The summed E-state index contributed by atoms with van der Waals surface area (Å²) in [4.78, 5) is 4.65. The second kappa shape index (κ2) is 7.55. The molecular formula is C22H21N3S. The predicted molar refractivity (Wildman–Crippen MR) is 110 cm³/mol. The number of allylic oxidation sites excluding steroid dienone is 1. The third-order valence-corrected chi connectivity index (χ3v) is 5.42. The SMILES string of the molecule is Cc1ccc(N/C=C(\C#N)c2nc(-c3ccc(C)c(C)c3)cs2)cc1C. The number of hydrogen-bond donors (Lipinski definition) is 1. The number of benzene rings is 2. The summed E-state index contributed by atoms with van der Waals surface area (Å²) in [5.74, 6) is 0. The van der Waals surface area contributed by atoms with E-state index >= 15 is 0 Å². The molecule has 2 aromatic carbocycles. The van der Waals surface area contributed by atoms with Crippen LogP contribution in [0.15, 0.2) is 48.0 Å². The summed E-state index contributed by atoms with van der Waals surface area (Å²) in [6.07, 6.45) is 1.73. The van der Waals surface area contributed by atoms with Gasteiger partial charge in [-0.1, -0.05) is 18.2 Å². The third kappa shape index (κ3) is 3.84. The zero-order valence-electron chi connectivity index (χ0n) is 15.4. The van der Waals surface area contributed by atoms with E-state index in [1.807, 2.05) is 11.4 Å². The van der Waals surface area contributed by atoms with Crippen molar-refractivity contribution in [1.29, 1.82) is 5.26 Å². The van der Waals surface area contributed by atoms with Gasteiger partial charge in [-0.15, -0.1) is 11.3 Å². The van der Waals surface area contributed by atoms with E-state index in [0.29, 0.717) is 5.57 Å². The molecule has 0 saturated carbocycles. The highest BCUT2D eigenvalue weighted by Crippen LogP contribution is 2.27. The van der Waals surface area contributed by atoms with Crippen LogP contribution in [-0.4, -0.2) is 4.98 Å². The second-order valence-corrected chi connectivity index (χ2v) is 7.31. The lowest BCUT2D eigenvalue weighted by Gasteiger charge is -2.05. The summed E-state index contributed by atoms with van der Waals surface area (Å²) in [5, 5.41) is 15.5. The first-order valence-electron chi connectivity index (χ1n) is 8.45. The van der Waals surface area contributed by atoms with Gasteiger partial charge in [0.05, 0.1) is 5.69 Å². The molecule has 0 amide bonds. The Morgan fingerprint density at radius 3 is 2.35 bits per heavy atom. The number of aryl methyl sites for hydroxylation is 4. The lowest BCUT2D eigenvalue weighted by Crippen LogP contribution is -1.92. The van der Waals surface area contributed by atoms with Crippen LogP contribution in [0.5, 0.6) is 0 Å². The van der Waals surface area contributed by atoms with Gasteiger partial charge in [0.25, 0.3) is 0 Å². The van der Waals surface area contributed by atoms with Crippen molar-refractivity contribution in [2.75, 3.05) is 5.32 Å². The Balaban J connectivity index is 1.84. The Hall–Kier alpha value is -2.90. The molecule has 3 aromatic rings. The maximum Gasteiger partial charge on any atom is 0.136 e. The molecule has 130 valence electrons. The van der Waals surface area contributed by atoms with Gasteiger partial charge in [0, 0.05) is 22.8 Å². The molecule has 1 aromatic heterocycles. The van der Waals surface area contributed by atoms with E-state index in [1.165, 1.54) is 33.6 Å². The molecule has 3 nitrogen and oxygen atoms in total. The molecule has 0 aliphatic carbocycles. The first kappa shape index (κ1) is 17.9. The molecule has 0 spiro atoms. The normalized spacial score (nSPS) is 11.3. The van der Waals surface area contributed by atoms with Gasteiger partial charge in [-0.25, -0.2) is 4.98 Å². The van der Waals surface area contributed by atoms with Gasteiger partial charge >= 0.3 is 0 Å². The summed E-state index contributed by atoms with van der Waals surface area (Å²) >= 11 is 1.49. The van der Waals surface area contributed by atoms with Crippen molar-refractivity contribution >= 4 is 22.6 Å². The molecule has 0 saturated heterocycles. The highest BCUT2D eigenvalue weighted by Gasteiger charge is 2.09. The van der Waals surface area contributed by atoms with Gasteiger partial charge in [-0.05, 0) is 68.1 Å². The molecule has 0 atom stereocenters. The van der Waals surface area contributed by atoms with Crippen LogP contribution in [0.3, 0.4) is 0 Å². The fourth-order valence-electron chi connectivity index (χ4n) is 2.56. The summed E-state index contributed by atoms with van der Waals surface area (Å²) in [6.45, 7) is 8.35. The van der Waals surface area contributed by atoms with E-state index in [2.05, 4.69) is 74.4 Å². The van der Waals surface area contributed by atoms with Gasteiger partial charge in [0.15, 0.2) is 0 Å². The van der Waals surface area contributed by atoms with Gasteiger partial charge in [-0.2, -0.15) is 5.26 Å². The quantitative estimate of drug-likeness (QED) is 0.579. The Morgan fingerprint density at radius 1 is 1.00 bits per heavy atom. The van der Waals surface area contributed by atoms with Crippen LogP contribution >= 0.6 is 11.3 Å². The highest BCUT2D eigenvalue weighted by molar-refractivity contribution is 7.11. The van der Waals surface area contributed by atoms with Crippen molar-refractivity contribution in [3.05, 3.63) is 75.2 Å². The maximum atomic E-state index is 9.52. The zero-order valence-corrected chi connectivity index (χ0v) is 16.2. The van der Waals surface area contributed by atoms with E-state index in [9.17, 15) is 5.26 Å². The van der Waals surface area contributed by atoms with Crippen LogP contribution in [0.2, 0.25) is 0 Å². The lowest BCUT2D eigenvalue weighted by atomic mass is 10.1. The summed E-state index contributed by atoms with van der Waals surface area (Å²) < 4.78 is 0. The minimum atomic E-state index is 0.531. The van der Waals surface area contributed by atoms with Gasteiger partial charge < -0.3 is 5.32 Å². The highest BCUT2D eigenvalue weighted by atomic mass is 32.1. The monoisotopic (exact) mass is 359 g/mol. The van der Waals surface area contributed by atoms with Crippen molar-refractivity contribution in [2.45, 2.75) is 27.7 Å². The summed E-state index contributed by atoms with van der Waals surface area (Å²) in [7, 11) is 0. The Labute approximate surface area is 158 Å². The minimum Gasteiger partial charge on any atom is -0.360 e. The number of rotatable bonds is 4. The molecule has 0 fully saturated rings. The molecular weight excluding hydrogens is 338 g/mol. The van der Waals surface area contributed by atoms with Crippen molar-refractivity contribution in [1.82, 2.24) is 4.98 Å². The van der Waals surface area contributed by atoms with E-state index in [-0.39, 0.29) is 0 Å². The van der Waals surface area contributed by atoms with Crippen molar-refractivity contribution < 1.29 is 0 Å². The van der Waals surface area contributed by atoms with Crippen molar-refractivity contribution in [3.8, 4) is 17.3 Å². The largest absolute Gasteiger partial charge is 0.360 e. The van der Waals surface area contributed by atoms with Crippen LogP contribution in [0.4, 0.5) is 5.69 Å². The number of aromatic nitrogens is 1. The minimum absolute atomic E-state index is 0.531. The van der Waals surface area contributed by atoms with Crippen LogP contribution in [-0.2, 0) is 0 Å². The average Bonchev–Trinajstić information content (AvgIpc) is 3.11. The Bertz CT molecular complexity index is 1020. The van der Waals surface area contributed by atoms with Crippen LogP contribution < -0.4 is 5.32 Å². The molecule has 1 heterocycles. The summed E-state index contributed by atoms with van der Waals surface area (Å²) in [6, 6.07) is 14.7. The van der Waals surface area contributed by atoms with Crippen LogP contribution in [0.1, 0.15) is 27.3 Å². The molecule has 0 radical (unpaired) electrons. The first-order chi connectivity index (χ1) is 12.5. The molecule has 1 N–H and O–H groups in total. The van der Waals surface area contributed by atoms with E-state index < -0.39 is 0 Å². The molecule has 0 aliphatic rings. The topological polar surface area (TPSA) is 48.7 Å². The zero-order chi connectivity index (χ0) is 18.7. The number of nitrogens with zero attached hydrogens (tertiary/aromatic N) is 2. The number of thiazole rings is 1. The number of anilines is 1. The lowest BCUT2D eigenvalue weighted by molar-refractivity contribution is 1.31. The fraction of sp³-hybridized carbons (Fsp3) is 0.182. The van der Waals surface area contributed by atoms with Gasteiger partial charge in [-0.3, -0.25) is 0 Å². The molecule has 4 heteroatoms. The Morgan fingerprint density at radius 2 is 1.69 bits per heavy atom. The van der Waals surface area contributed by atoms with E-state index in [0.717, 1.165) is 22.0 Å². The van der Waals surface area contributed by atoms with Crippen molar-refractivity contribution in [2.24, 2.45) is 0 Å². The third-order valence-electron chi connectivity index (χ3n) is 4.55. The fourth-order valence-corrected chi connectivity index (χ4v) is 3.35. The molecule has 0 bridgehead atoms. The predicted octanol–water partition coefficient (Wildman–Crippen LogP) is 6.02. The standard InChI is InChI=1S/C22H21N3S/c1-14-5-7-18(9-16(14)3)21-13-26-22(25-21)19(11-23)12-24-20-8-6-15(2)17(4)10-20/h5-10,12-13,24H,1-4H3/b19-12+. The molecule has 26 heavy (non-hydrogen) atoms. The molecule has 3 rings (SSSR count). The van der Waals surface area contributed by atoms with Crippen LogP contribution in [0, 0.1) is 39.0 Å². The van der Waals surface area contributed by atoms with Crippen molar-refractivity contribution in [3.63, 3.8) is 0 Å². The number of nitriles is 1. The number of nitrogens with one attached hydrogen (secondary N) is 1. The van der Waals surface area contributed by atoms with E-state index in [4.69, 9.17) is 0 Å². The van der Waals surface area contributed by atoms with Gasteiger partial charge in [0.1, 0.15) is 16.6 Å². The second-order valence-electron chi connectivity index (χ2n) is 6.45.